The summed E-state index contributed by atoms with van der Waals surface area (Å²) in [4.78, 5) is 14.0. The number of hydrogen-bond acceptors (Lipinski definition) is 4. The van der Waals surface area contributed by atoms with Gasteiger partial charge in [-0.15, -0.1) is 0 Å². The van der Waals surface area contributed by atoms with Gasteiger partial charge in [0.1, 0.15) is 12.8 Å². The molecule has 0 aliphatic carbocycles. The fourth-order valence-electron chi connectivity index (χ4n) is 1.89. The first-order chi connectivity index (χ1) is 9.88. The summed E-state index contributed by atoms with van der Waals surface area (Å²) in [6.45, 7) is 6.73. The van der Waals surface area contributed by atoms with E-state index in [1.165, 1.54) is 11.8 Å². The van der Waals surface area contributed by atoms with Crippen LogP contribution in [0.4, 0.5) is 5.82 Å². The highest BCUT2D eigenvalue weighted by Crippen LogP contribution is 2.25. The predicted octanol–water partition coefficient (Wildman–Crippen LogP) is 3.87. The maximum Gasteiger partial charge on any atom is 0.406 e. The monoisotopic (exact) mass is 286 g/mol. The molecule has 110 valence electrons. The Morgan fingerprint density at radius 2 is 1.86 bits per heavy atom. The Balaban J connectivity index is 2.09. The van der Waals surface area contributed by atoms with Crippen LogP contribution in [0, 0.1) is 10.1 Å². The summed E-state index contributed by atoms with van der Waals surface area (Å²) < 4.78 is 5.51. The second kappa shape index (κ2) is 5.91. The van der Waals surface area contributed by atoms with Crippen molar-refractivity contribution in [3.05, 3.63) is 63.8 Å². The van der Waals surface area contributed by atoms with E-state index in [2.05, 4.69) is 37.9 Å². The van der Waals surface area contributed by atoms with Crippen molar-refractivity contribution >= 4 is 5.82 Å². The van der Waals surface area contributed by atoms with Crippen molar-refractivity contribution in [3.8, 4) is 5.75 Å². The lowest BCUT2D eigenvalue weighted by Crippen LogP contribution is -2.10. The third-order valence-electron chi connectivity index (χ3n) is 3.14. The molecule has 0 unspecified atom stereocenters. The summed E-state index contributed by atoms with van der Waals surface area (Å²) in [5.74, 6) is -0.0776. The number of nitrogens with zero attached hydrogens (tertiary/aromatic N) is 2. The van der Waals surface area contributed by atoms with Gasteiger partial charge >= 0.3 is 5.82 Å². The minimum absolute atomic E-state index is 0.0987. The molecule has 5 nitrogen and oxygen atoms in total. The molecular weight excluding hydrogens is 268 g/mol. The van der Waals surface area contributed by atoms with Gasteiger partial charge < -0.3 is 14.9 Å². The molecule has 0 aliphatic heterocycles. The summed E-state index contributed by atoms with van der Waals surface area (Å²) in [7, 11) is 0. The van der Waals surface area contributed by atoms with Gasteiger partial charge in [-0.3, -0.25) is 0 Å². The number of pyridine rings is 1. The Kier molecular flexibility index (Phi) is 4.21. The summed E-state index contributed by atoms with van der Waals surface area (Å²) in [6.07, 6.45) is 1.38. The molecule has 1 aromatic heterocycles. The molecule has 21 heavy (non-hydrogen) atoms. The van der Waals surface area contributed by atoms with Gasteiger partial charge in [0.15, 0.2) is 0 Å². The van der Waals surface area contributed by atoms with Crippen molar-refractivity contribution in [2.75, 3.05) is 0 Å². The first-order valence-electron chi connectivity index (χ1n) is 6.69. The molecule has 0 atom stereocenters. The van der Waals surface area contributed by atoms with E-state index >= 15 is 0 Å². The molecule has 0 saturated heterocycles. The van der Waals surface area contributed by atoms with E-state index in [9.17, 15) is 10.1 Å². The zero-order chi connectivity index (χ0) is 15.5. The SMILES string of the molecule is CC(C)(C)c1ccc(COc2cccnc2[N+](=O)[O-])cc1. The third kappa shape index (κ3) is 3.78. The van der Waals surface area contributed by atoms with Gasteiger partial charge in [0, 0.05) is 0 Å². The Morgan fingerprint density at radius 3 is 2.43 bits per heavy atom. The highest BCUT2D eigenvalue weighted by atomic mass is 16.6. The zero-order valence-electron chi connectivity index (χ0n) is 12.4. The summed E-state index contributed by atoms with van der Waals surface area (Å²) in [6, 6.07) is 11.2. The molecule has 2 aromatic rings. The Labute approximate surface area is 123 Å². The van der Waals surface area contributed by atoms with Gasteiger partial charge in [0.2, 0.25) is 5.75 Å². The van der Waals surface area contributed by atoms with Crippen LogP contribution in [-0.4, -0.2) is 9.91 Å². The van der Waals surface area contributed by atoms with E-state index in [-0.39, 0.29) is 23.6 Å². The quantitative estimate of drug-likeness (QED) is 0.632. The number of ether oxygens (including phenoxy) is 1. The average molecular weight is 286 g/mol. The van der Waals surface area contributed by atoms with Gasteiger partial charge in [0.25, 0.3) is 0 Å². The molecule has 0 bridgehead atoms. The summed E-state index contributed by atoms with van der Waals surface area (Å²) >= 11 is 0. The van der Waals surface area contributed by atoms with E-state index in [0.717, 1.165) is 5.56 Å². The van der Waals surface area contributed by atoms with Crippen LogP contribution >= 0.6 is 0 Å². The maximum atomic E-state index is 10.9. The van der Waals surface area contributed by atoms with Gasteiger partial charge in [-0.2, -0.15) is 0 Å². The first-order valence-corrected chi connectivity index (χ1v) is 6.69. The number of aromatic nitrogens is 1. The minimum atomic E-state index is -0.544. The molecule has 0 radical (unpaired) electrons. The van der Waals surface area contributed by atoms with E-state index in [1.807, 2.05) is 12.1 Å². The first kappa shape index (κ1) is 15.0. The van der Waals surface area contributed by atoms with Crippen molar-refractivity contribution in [3.63, 3.8) is 0 Å². The average Bonchev–Trinajstić information content (AvgIpc) is 2.45. The van der Waals surface area contributed by atoms with Crippen molar-refractivity contribution in [1.82, 2.24) is 4.98 Å². The van der Waals surface area contributed by atoms with Gasteiger partial charge in [-0.05, 0) is 38.6 Å². The van der Waals surface area contributed by atoms with E-state index in [1.54, 1.807) is 12.1 Å². The lowest BCUT2D eigenvalue weighted by molar-refractivity contribution is -0.390. The molecule has 1 aromatic carbocycles. The highest BCUT2D eigenvalue weighted by Gasteiger charge is 2.16. The molecular formula is C16H18N2O3. The molecule has 0 fully saturated rings. The minimum Gasteiger partial charge on any atom is -0.481 e. The summed E-state index contributed by atoms with van der Waals surface area (Å²) in [5.41, 5.74) is 2.29. The molecule has 0 N–H and O–H groups in total. The number of rotatable bonds is 4. The molecule has 5 heteroatoms. The molecule has 0 spiro atoms. The highest BCUT2D eigenvalue weighted by molar-refractivity contribution is 5.38. The van der Waals surface area contributed by atoms with Gasteiger partial charge in [-0.1, -0.05) is 45.0 Å². The van der Waals surface area contributed by atoms with Crippen LogP contribution in [0.15, 0.2) is 42.6 Å². The number of hydrogen-bond donors (Lipinski definition) is 0. The van der Waals surface area contributed by atoms with Crippen molar-refractivity contribution in [2.45, 2.75) is 32.8 Å². The van der Waals surface area contributed by atoms with Crippen molar-refractivity contribution in [2.24, 2.45) is 0 Å². The normalized spacial score (nSPS) is 11.2. The van der Waals surface area contributed by atoms with Crippen LogP contribution in [0.2, 0.25) is 0 Å². The zero-order valence-corrected chi connectivity index (χ0v) is 12.4. The lowest BCUT2D eigenvalue weighted by atomic mass is 9.87. The maximum absolute atomic E-state index is 10.9. The van der Waals surface area contributed by atoms with Crippen molar-refractivity contribution < 1.29 is 9.66 Å². The molecule has 0 amide bonds. The van der Waals surface area contributed by atoms with Gasteiger partial charge in [-0.25, -0.2) is 0 Å². The Morgan fingerprint density at radius 1 is 1.19 bits per heavy atom. The Hall–Kier alpha value is -2.43. The van der Waals surface area contributed by atoms with Crippen LogP contribution in [0.5, 0.6) is 5.75 Å². The second-order valence-electron chi connectivity index (χ2n) is 5.82. The fraction of sp³-hybridized carbons (Fsp3) is 0.312. The molecule has 0 aliphatic rings. The fourth-order valence-corrected chi connectivity index (χ4v) is 1.89. The van der Waals surface area contributed by atoms with Crippen LogP contribution in [-0.2, 0) is 12.0 Å². The molecule has 1 heterocycles. The Bertz CT molecular complexity index is 631. The largest absolute Gasteiger partial charge is 0.481 e. The van der Waals surface area contributed by atoms with Crippen LogP contribution in [0.1, 0.15) is 31.9 Å². The third-order valence-corrected chi connectivity index (χ3v) is 3.14. The number of benzene rings is 1. The van der Waals surface area contributed by atoms with Crippen LogP contribution < -0.4 is 4.74 Å². The van der Waals surface area contributed by atoms with E-state index < -0.39 is 4.92 Å². The van der Waals surface area contributed by atoms with Gasteiger partial charge in [0.05, 0.1) is 0 Å². The van der Waals surface area contributed by atoms with Crippen LogP contribution in [0.25, 0.3) is 0 Å². The number of nitro groups is 1. The predicted molar refractivity (Wildman–Crippen MR) is 80.4 cm³/mol. The topological polar surface area (TPSA) is 65.3 Å². The van der Waals surface area contributed by atoms with E-state index in [0.29, 0.717) is 0 Å². The van der Waals surface area contributed by atoms with Crippen molar-refractivity contribution in [1.29, 1.82) is 0 Å². The molecule has 2 rings (SSSR count). The second-order valence-corrected chi connectivity index (χ2v) is 5.82. The lowest BCUT2D eigenvalue weighted by Gasteiger charge is -2.19. The van der Waals surface area contributed by atoms with E-state index in [4.69, 9.17) is 4.74 Å². The van der Waals surface area contributed by atoms with Crippen LogP contribution in [0.3, 0.4) is 0 Å². The molecule has 0 saturated carbocycles. The standard InChI is InChI=1S/C16H18N2O3/c1-16(2,3)13-8-6-12(7-9-13)11-21-14-5-4-10-17-15(14)18(19)20/h4-10H,11H2,1-3H3. The smallest absolute Gasteiger partial charge is 0.406 e. The summed E-state index contributed by atoms with van der Waals surface area (Å²) in [5, 5.41) is 10.9.